The third-order valence-electron chi connectivity index (χ3n) is 8.42. The molecular formula is C30H36Cl2N6O6. The first kappa shape index (κ1) is 31.6. The lowest BCUT2D eigenvalue weighted by atomic mass is 9.82. The number of nitrogens with zero attached hydrogens (tertiary/aromatic N) is 4. The van der Waals surface area contributed by atoms with Gasteiger partial charge < -0.3 is 24.8 Å². The van der Waals surface area contributed by atoms with Gasteiger partial charge in [0, 0.05) is 30.9 Å². The highest BCUT2D eigenvalue weighted by Gasteiger charge is 2.38. The van der Waals surface area contributed by atoms with Crippen molar-refractivity contribution >= 4 is 58.6 Å². The topological polar surface area (TPSA) is 135 Å². The number of carbonyl (C=O) groups excluding carboxylic acids is 3. The molecule has 2 aliphatic carbocycles. The molecule has 236 valence electrons. The smallest absolute Gasteiger partial charge is 0.330 e. The standard InChI is InChI=1S/C30H36Cl2N6O6/c1-5-23(39)34-20-12-16(28(40)44-18-8-6-7-9-18)10-11-19(20)35-29-33-14-17-15-38(30(41)37(2)27(17)36-29)26-24(31)21(42-3)13-22(43-4)25(26)32/h5,13-14,16,18-20H,1,6-12,15H2,2-4H3,(H,34,39)(H,33,35,36)/t16-,19-,20+/m1/s1. The van der Waals surface area contributed by atoms with Gasteiger partial charge in [-0.15, -0.1) is 0 Å². The van der Waals surface area contributed by atoms with E-state index >= 15 is 0 Å². The lowest BCUT2D eigenvalue weighted by molar-refractivity contribution is -0.155. The average molecular weight is 648 g/mol. The number of fused-ring (bicyclic) bond motifs is 1. The van der Waals surface area contributed by atoms with Gasteiger partial charge in [0.1, 0.15) is 33.5 Å². The van der Waals surface area contributed by atoms with Gasteiger partial charge in [-0.1, -0.05) is 29.8 Å². The van der Waals surface area contributed by atoms with Crippen molar-refractivity contribution in [1.82, 2.24) is 15.3 Å². The predicted octanol–water partition coefficient (Wildman–Crippen LogP) is 5.11. The van der Waals surface area contributed by atoms with Gasteiger partial charge in [-0.3, -0.25) is 19.4 Å². The number of esters is 1. The number of hydrogen-bond donors (Lipinski definition) is 2. The number of amides is 3. The molecule has 14 heteroatoms. The molecule has 3 atom stereocenters. The largest absolute Gasteiger partial charge is 0.495 e. The first-order valence-electron chi connectivity index (χ1n) is 14.6. The van der Waals surface area contributed by atoms with E-state index in [9.17, 15) is 14.4 Å². The zero-order chi connectivity index (χ0) is 31.5. The summed E-state index contributed by atoms with van der Waals surface area (Å²) in [5.74, 6) is 0.430. The van der Waals surface area contributed by atoms with Crippen molar-refractivity contribution in [2.45, 2.75) is 69.7 Å². The number of halogens is 2. The SMILES string of the molecule is C=CC(=O)N[C@H]1C[C@H](C(=O)OC2CCCC2)CC[C@H]1Nc1ncc2c(n1)N(C)C(=O)N(c1c(Cl)c(OC)cc(OC)c1Cl)C2. The van der Waals surface area contributed by atoms with E-state index in [1.54, 1.807) is 19.3 Å². The van der Waals surface area contributed by atoms with Crippen LogP contribution in [-0.4, -0.2) is 67.3 Å². The van der Waals surface area contributed by atoms with Crippen molar-refractivity contribution in [2.24, 2.45) is 5.92 Å². The quantitative estimate of drug-likeness (QED) is 0.281. The molecule has 12 nitrogen and oxygen atoms in total. The molecule has 3 aliphatic rings. The molecule has 2 N–H and O–H groups in total. The van der Waals surface area contributed by atoms with Crippen LogP contribution < -0.4 is 29.9 Å². The Morgan fingerprint density at radius 1 is 1.07 bits per heavy atom. The molecule has 3 amide bonds. The number of carbonyl (C=O) groups is 3. The van der Waals surface area contributed by atoms with Crippen LogP contribution in [0.2, 0.25) is 10.0 Å². The van der Waals surface area contributed by atoms with E-state index in [-0.39, 0.29) is 58.2 Å². The van der Waals surface area contributed by atoms with E-state index in [2.05, 4.69) is 27.2 Å². The Bertz CT molecular complexity index is 1420. The molecule has 2 aromatic rings. The van der Waals surface area contributed by atoms with E-state index in [0.29, 0.717) is 42.1 Å². The maximum Gasteiger partial charge on any atom is 0.330 e. The molecule has 0 bridgehead atoms. The molecule has 1 aliphatic heterocycles. The van der Waals surface area contributed by atoms with Gasteiger partial charge in [0.2, 0.25) is 11.9 Å². The summed E-state index contributed by atoms with van der Waals surface area (Å²) >= 11 is 13.2. The third-order valence-corrected chi connectivity index (χ3v) is 9.15. The highest BCUT2D eigenvalue weighted by Crippen LogP contribution is 2.47. The van der Waals surface area contributed by atoms with Crippen molar-refractivity contribution < 1.29 is 28.6 Å². The number of ether oxygens (including phenoxy) is 3. The highest BCUT2D eigenvalue weighted by atomic mass is 35.5. The van der Waals surface area contributed by atoms with Gasteiger partial charge in [-0.2, -0.15) is 4.98 Å². The molecule has 0 saturated heterocycles. The van der Waals surface area contributed by atoms with Crippen LogP contribution in [0, 0.1) is 5.92 Å². The zero-order valence-electron chi connectivity index (χ0n) is 24.9. The number of anilines is 3. The third kappa shape index (κ3) is 6.37. The lowest BCUT2D eigenvalue weighted by Gasteiger charge is -2.37. The predicted molar refractivity (Wildman–Crippen MR) is 167 cm³/mol. The summed E-state index contributed by atoms with van der Waals surface area (Å²) in [6, 6.07) is 0.476. The van der Waals surface area contributed by atoms with Crippen molar-refractivity contribution in [1.29, 1.82) is 0 Å². The fourth-order valence-corrected chi connectivity index (χ4v) is 6.76. The molecular weight excluding hydrogens is 611 g/mol. The highest BCUT2D eigenvalue weighted by molar-refractivity contribution is 6.42. The summed E-state index contributed by atoms with van der Waals surface area (Å²) in [5.41, 5.74) is 0.903. The number of nitrogens with one attached hydrogen (secondary N) is 2. The number of benzene rings is 1. The van der Waals surface area contributed by atoms with Crippen LogP contribution in [0.3, 0.4) is 0 Å². The summed E-state index contributed by atoms with van der Waals surface area (Å²) in [4.78, 5) is 50.8. The minimum absolute atomic E-state index is 0.0166. The summed E-state index contributed by atoms with van der Waals surface area (Å²) in [6.45, 7) is 3.66. The Kier molecular flexibility index (Phi) is 9.69. The summed E-state index contributed by atoms with van der Waals surface area (Å²) in [7, 11) is 4.52. The number of aromatic nitrogens is 2. The van der Waals surface area contributed by atoms with Crippen molar-refractivity contribution in [3.05, 3.63) is 40.5 Å². The second-order valence-electron chi connectivity index (χ2n) is 11.2. The summed E-state index contributed by atoms with van der Waals surface area (Å²) in [6.07, 6.45) is 8.33. The van der Waals surface area contributed by atoms with Crippen LogP contribution in [0.15, 0.2) is 24.9 Å². The monoisotopic (exact) mass is 646 g/mol. The molecule has 2 fully saturated rings. The second-order valence-corrected chi connectivity index (χ2v) is 11.9. The first-order valence-corrected chi connectivity index (χ1v) is 15.3. The molecule has 2 saturated carbocycles. The van der Waals surface area contributed by atoms with Crippen LogP contribution >= 0.6 is 23.2 Å². The van der Waals surface area contributed by atoms with Gasteiger partial charge in [-0.25, -0.2) is 9.78 Å². The Labute approximate surface area is 266 Å². The van der Waals surface area contributed by atoms with Crippen LogP contribution in [0.4, 0.5) is 22.2 Å². The van der Waals surface area contributed by atoms with Crippen LogP contribution in [0.5, 0.6) is 11.5 Å². The Hall–Kier alpha value is -3.77. The van der Waals surface area contributed by atoms with Crippen LogP contribution in [0.25, 0.3) is 0 Å². The molecule has 2 heterocycles. The first-order chi connectivity index (χ1) is 21.1. The van der Waals surface area contributed by atoms with Crippen LogP contribution in [-0.2, 0) is 20.9 Å². The Balaban J connectivity index is 1.35. The molecule has 0 spiro atoms. The zero-order valence-corrected chi connectivity index (χ0v) is 26.4. The summed E-state index contributed by atoms with van der Waals surface area (Å²) in [5, 5.41) is 6.60. The minimum Gasteiger partial charge on any atom is -0.495 e. The van der Waals surface area contributed by atoms with Gasteiger partial charge in [0.05, 0.1) is 38.4 Å². The van der Waals surface area contributed by atoms with Crippen LogP contribution in [0.1, 0.15) is 50.5 Å². The number of methoxy groups -OCH3 is 2. The van der Waals surface area contributed by atoms with E-state index in [1.165, 1.54) is 30.1 Å². The maximum atomic E-state index is 13.6. The number of rotatable bonds is 9. The number of hydrogen-bond acceptors (Lipinski definition) is 9. The molecule has 1 aromatic heterocycles. The normalized spacial score (nSPS) is 21.8. The Morgan fingerprint density at radius 3 is 2.39 bits per heavy atom. The van der Waals surface area contributed by atoms with E-state index < -0.39 is 12.1 Å². The minimum atomic E-state index is -0.418. The maximum absolute atomic E-state index is 13.6. The molecule has 0 unspecified atom stereocenters. The van der Waals surface area contributed by atoms with Gasteiger partial charge >= 0.3 is 12.0 Å². The molecule has 1 aromatic carbocycles. The van der Waals surface area contributed by atoms with Crippen molar-refractivity contribution in [3.8, 4) is 11.5 Å². The molecule has 5 rings (SSSR count). The molecule has 0 radical (unpaired) electrons. The van der Waals surface area contributed by atoms with Gasteiger partial charge in [0.15, 0.2) is 0 Å². The average Bonchev–Trinajstić information content (AvgIpc) is 3.53. The Morgan fingerprint density at radius 2 is 1.75 bits per heavy atom. The van der Waals surface area contributed by atoms with E-state index in [0.717, 1.165) is 25.7 Å². The summed E-state index contributed by atoms with van der Waals surface area (Å²) < 4.78 is 16.5. The number of urea groups is 1. The van der Waals surface area contributed by atoms with Gasteiger partial charge in [0.25, 0.3) is 0 Å². The second kappa shape index (κ2) is 13.5. The van der Waals surface area contributed by atoms with E-state index in [1.807, 2.05) is 0 Å². The fourth-order valence-electron chi connectivity index (χ4n) is 6.05. The van der Waals surface area contributed by atoms with Gasteiger partial charge in [-0.05, 0) is 51.0 Å². The van der Waals surface area contributed by atoms with Crippen molar-refractivity contribution in [3.63, 3.8) is 0 Å². The lowest BCUT2D eigenvalue weighted by Crippen LogP contribution is -2.51. The van der Waals surface area contributed by atoms with Crippen molar-refractivity contribution in [2.75, 3.05) is 36.4 Å². The molecule has 44 heavy (non-hydrogen) atoms. The van der Waals surface area contributed by atoms with E-state index in [4.69, 9.17) is 37.4 Å². The fraction of sp³-hybridized carbons (Fsp3) is 0.500.